The van der Waals surface area contributed by atoms with Crippen LogP contribution in [0, 0.1) is 11.3 Å². The Hall–Kier alpha value is -0.990. The van der Waals surface area contributed by atoms with Crippen molar-refractivity contribution in [3.05, 3.63) is 12.7 Å². The van der Waals surface area contributed by atoms with Gasteiger partial charge in [-0.25, -0.2) is 0 Å². The Morgan fingerprint density at radius 1 is 1.36 bits per heavy atom. The number of aliphatic hydroxyl groups is 1. The first-order chi connectivity index (χ1) is 11.8. The molecule has 7 heteroatoms. The van der Waals surface area contributed by atoms with E-state index in [1.165, 1.54) is 7.11 Å². The van der Waals surface area contributed by atoms with Crippen LogP contribution in [-0.2, 0) is 28.5 Å². The van der Waals surface area contributed by atoms with Crippen LogP contribution in [0.1, 0.15) is 27.2 Å². The minimum atomic E-state index is -0.832. The monoisotopic (exact) mass is 360 g/mol. The maximum atomic E-state index is 12.3. The smallest absolute Gasteiger partial charge is 0.314 e. The van der Waals surface area contributed by atoms with Crippen molar-refractivity contribution >= 4 is 5.97 Å². The summed E-state index contributed by atoms with van der Waals surface area (Å²) in [5.74, 6) is -0.452. The molecule has 0 bridgehead atoms. The molecule has 0 radical (unpaired) electrons. The summed E-state index contributed by atoms with van der Waals surface area (Å²) < 4.78 is 27.1. The first-order valence-corrected chi connectivity index (χ1v) is 8.52. The normalized spacial score (nSPS) is 26.1. The maximum Gasteiger partial charge on any atom is 0.314 e. The highest BCUT2D eigenvalue weighted by Gasteiger charge is 2.55. The van der Waals surface area contributed by atoms with Crippen molar-refractivity contribution in [1.29, 1.82) is 0 Å². The first kappa shape index (κ1) is 22.1. The third-order valence-electron chi connectivity index (χ3n) is 4.66. The Morgan fingerprint density at radius 3 is 2.60 bits per heavy atom. The second-order valence-electron chi connectivity index (χ2n) is 6.87. The van der Waals surface area contributed by atoms with Crippen molar-refractivity contribution in [3.8, 4) is 0 Å². The van der Waals surface area contributed by atoms with Crippen LogP contribution < -0.4 is 0 Å². The summed E-state index contributed by atoms with van der Waals surface area (Å²) in [4.78, 5) is 12.3. The van der Waals surface area contributed by atoms with E-state index in [1.807, 2.05) is 6.92 Å². The Balaban J connectivity index is 2.77. The molecule has 0 saturated carbocycles. The Bertz CT molecular complexity index is 424. The summed E-state index contributed by atoms with van der Waals surface area (Å²) in [5.41, 5.74) is -0.832. The van der Waals surface area contributed by atoms with Gasteiger partial charge in [-0.1, -0.05) is 13.0 Å². The fourth-order valence-electron chi connectivity index (χ4n) is 2.73. The van der Waals surface area contributed by atoms with E-state index in [9.17, 15) is 9.90 Å². The van der Waals surface area contributed by atoms with E-state index < -0.39 is 29.8 Å². The molecule has 7 nitrogen and oxygen atoms in total. The molecule has 25 heavy (non-hydrogen) atoms. The van der Waals surface area contributed by atoms with Gasteiger partial charge in [0.05, 0.1) is 30.8 Å². The number of carbonyl (C=O) groups is 1. The van der Waals surface area contributed by atoms with E-state index in [2.05, 4.69) is 6.58 Å². The van der Waals surface area contributed by atoms with E-state index >= 15 is 0 Å². The molecule has 1 N–H and O–H groups in total. The minimum Gasteiger partial charge on any atom is -0.456 e. The van der Waals surface area contributed by atoms with Gasteiger partial charge in [0.25, 0.3) is 0 Å². The topological polar surface area (TPSA) is 83.5 Å². The molecule has 0 aromatic rings. The highest BCUT2D eigenvalue weighted by atomic mass is 16.7. The molecule has 1 heterocycles. The Labute approximate surface area is 150 Å². The molecule has 1 aliphatic rings. The van der Waals surface area contributed by atoms with Crippen LogP contribution in [0.15, 0.2) is 12.7 Å². The maximum absolute atomic E-state index is 12.3. The molecule has 0 spiro atoms. The van der Waals surface area contributed by atoms with Gasteiger partial charge in [0.15, 0.2) is 6.10 Å². The van der Waals surface area contributed by atoms with E-state index in [4.69, 9.17) is 23.7 Å². The summed E-state index contributed by atoms with van der Waals surface area (Å²) >= 11 is 0. The van der Waals surface area contributed by atoms with Crippen molar-refractivity contribution in [2.45, 2.75) is 51.6 Å². The number of rotatable bonds is 12. The summed E-state index contributed by atoms with van der Waals surface area (Å²) in [6.07, 6.45) is -0.318. The van der Waals surface area contributed by atoms with E-state index in [0.717, 1.165) is 0 Å². The van der Waals surface area contributed by atoms with E-state index in [-0.39, 0.29) is 18.7 Å². The van der Waals surface area contributed by atoms with Gasteiger partial charge in [-0.15, -0.1) is 6.58 Å². The zero-order valence-corrected chi connectivity index (χ0v) is 15.9. The highest BCUT2D eigenvalue weighted by Crippen LogP contribution is 2.39. The molecule has 0 aliphatic carbocycles. The van der Waals surface area contributed by atoms with E-state index in [0.29, 0.717) is 19.6 Å². The molecule has 5 atom stereocenters. The standard InChI is InChI=1S/C18H32O7/c1-7-12(2)13(19)10-14(22-6)15-16(18(3,4)17(20)25-15)24-11-23-9-8-21-5/h7,12-16,19H,1,8-11H2,2-6H3/t12-,13+,14+,15-,16+/m1/s1. The molecule has 0 unspecified atom stereocenters. The van der Waals surface area contributed by atoms with Crippen LogP contribution in [0.4, 0.5) is 0 Å². The third-order valence-corrected chi connectivity index (χ3v) is 4.66. The summed E-state index contributed by atoms with van der Waals surface area (Å²) in [5, 5.41) is 10.3. The average Bonchev–Trinajstić information content (AvgIpc) is 2.81. The van der Waals surface area contributed by atoms with Gasteiger partial charge in [0, 0.05) is 20.6 Å². The van der Waals surface area contributed by atoms with Crippen LogP contribution >= 0.6 is 0 Å². The van der Waals surface area contributed by atoms with Crippen LogP contribution in [-0.4, -0.2) is 69.7 Å². The molecule has 1 fully saturated rings. The molecular formula is C18H32O7. The van der Waals surface area contributed by atoms with Gasteiger partial charge >= 0.3 is 5.97 Å². The summed E-state index contributed by atoms with van der Waals surface area (Å²) in [6.45, 7) is 9.97. The summed E-state index contributed by atoms with van der Waals surface area (Å²) in [6, 6.07) is 0. The fraction of sp³-hybridized carbons (Fsp3) is 0.833. The van der Waals surface area contributed by atoms with Gasteiger partial charge in [0.2, 0.25) is 0 Å². The number of aliphatic hydroxyl groups excluding tert-OH is 1. The number of esters is 1. The molecule has 1 saturated heterocycles. The van der Waals surface area contributed by atoms with Gasteiger partial charge in [0.1, 0.15) is 12.9 Å². The fourth-order valence-corrected chi connectivity index (χ4v) is 2.73. The lowest BCUT2D eigenvalue weighted by molar-refractivity contribution is -0.158. The second-order valence-corrected chi connectivity index (χ2v) is 6.87. The SMILES string of the molecule is C=C[C@@H](C)[C@@H](O)C[C@H](OC)[C@H]1OC(=O)C(C)(C)[C@H]1OCOCCOC. The van der Waals surface area contributed by atoms with Gasteiger partial charge in [-0.2, -0.15) is 0 Å². The average molecular weight is 360 g/mol. The van der Waals surface area contributed by atoms with Crippen molar-refractivity contribution < 1.29 is 33.6 Å². The highest BCUT2D eigenvalue weighted by molar-refractivity contribution is 5.79. The molecular weight excluding hydrogens is 328 g/mol. The number of carbonyl (C=O) groups excluding carboxylic acids is 1. The van der Waals surface area contributed by atoms with Crippen molar-refractivity contribution in [2.75, 3.05) is 34.2 Å². The van der Waals surface area contributed by atoms with E-state index in [1.54, 1.807) is 27.0 Å². The predicted octanol–water partition coefficient (Wildman–Crippen LogP) is 1.53. The molecule has 0 aromatic heterocycles. The van der Waals surface area contributed by atoms with Crippen molar-refractivity contribution in [3.63, 3.8) is 0 Å². The number of methoxy groups -OCH3 is 2. The Kier molecular flexibility index (Phi) is 9.02. The summed E-state index contributed by atoms with van der Waals surface area (Å²) in [7, 11) is 3.12. The second kappa shape index (κ2) is 10.2. The number of hydrogen-bond acceptors (Lipinski definition) is 7. The molecule has 0 amide bonds. The van der Waals surface area contributed by atoms with Gasteiger partial charge in [-0.3, -0.25) is 4.79 Å². The largest absolute Gasteiger partial charge is 0.456 e. The van der Waals surface area contributed by atoms with Crippen LogP contribution in [0.25, 0.3) is 0 Å². The number of ether oxygens (including phenoxy) is 5. The first-order valence-electron chi connectivity index (χ1n) is 8.52. The van der Waals surface area contributed by atoms with Crippen molar-refractivity contribution in [1.82, 2.24) is 0 Å². The molecule has 1 rings (SSSR count). The molecule has 146 valence electrons. The lowest BCUT2D eigenvalue weighted by Gasteiger charge is -2.31. The van der Waals surface area contributed by atoms with Crippen LogP contribution in [0.3, 0.4) is 0 Å². The predicted molar refractivity (Wildman–Crippen MR) is 92.0 cm³/mol. The Morgan fingerprint density at radius 2 is 2.04 bits per heavy atom. The lowest BCUT2D eigenvalue weighted by Crippen LogP contribution is -2.45. The number of hydrogen-bond donors (Lipinski definition) is 1. The van der Waals surface area contributed by atoms with Gasteiger partial charge < -0.3 is 28.8 Å². The zero-order valence-electron chi connectivity index (χ0n) is 15.9. The zero-order chi connectivity index (χ0) is 19.0. The minimum absolute atomic E-state index is 0.0205. The van der Waals surface area contributed by atoms with Crippen LogP contribution in [0.5, 0.6) is 0 Å². The third kappa shape index (κ3) is 5.76. The molecule has 1 aliphatic heterocycles. The number of cyclic esters (lactones) is 1. The van der Waals surface area contributed by atoms with Crippen molar-refractivity contribution in [2.24, 2.45) is 11.3 Å². The lowest BCUT2D eigenvalue weighted by atomic mass is 9.83. The molecule has 0 aromatic carbocycles. The van der Waals surface area contributed by atoms with Gasteiger partial charge in [-0.05, 0) is 19.8 Å². The van der Waals surface area contributed by atoms with Crippen LogP contribution in [0.2, 0.25) is 0 Å². The quantitative estimate of drug-likeness (QED) is 0.245.